The molecular weight excluding hydrogens is 462 g/mol. The first-order valence-corrected chi connectivity index (χ1v) is 11.3. The third kappa shape index (κ3) is 6.55. The van der Waals surface area contributed by atoms with Crippen LogP contribution in [0.1, 0.15) is 30.5 Å². The molecule has 0 aliphatic carbocycles. The molecule has 0 bridgehead atoms. The summed E-state index contributed by atoms with van der Waals surface area (Å²) in [5.74, 6) is 1.21. The second kappa shape index (κ2) is 11.4. The Morgan fingerprint density at radius 2 is 1.71 bits per heavy atom. The van der Waals surface area contributed by atoms with Gasteiger partial charge in [0, 0.05) is 28.8 Å². The van der Waals surface area contributed by atoms with Gasteiger partial charge in [-0.15, -0.1) is 0 Å². The van der Waals surface area contributed by atoms with Crippen LogP contribution < -0.4 is 15.0 Å². The maximum Gasteiger partial charge on any atom is 0.221 e. The first-order valence-electron chi connectivity index (χ1n) is 11.0. The lowest BCUT2D eigenvalue weighted by Crippen LogP contribution is -2.35. The number of benzene rings is 3. The number of hydrogen-bond donors (Lipinski definition) is 3. The molecule has 0 aromatic heterocycles. The van der Waals surface area contributed by atoms with Crippen LogP contribution in [0.5, 0.6) is 5.75 Å². The van der Waals surface area contributed by atoms with Gasteiger partial charge in [0.25, 0.3) is 0 Å². The number of anilines is 2. The predicted molar refractivity (Wildman–Crippen MR) is 144 cm³/mol. The van der Waals surface area contributed by atoms with E-state index in [2.05, 4.69) is 10.3 Å². The summed E-state index contributed by atoms with van der Waals surface area (Å²) >= 11 is 5.99. The van der Waals surface area contributed by atoms with E-state index in [4.69, 9.17) is 27.2 Å². The Morgan fingerprint density at radius 3 is 2.29 bits per heavy atom. The van der Waals surface area contributed by atoms with Crippen molar-refractivity contribution in [2.24, 2.45) is 4.99 Å². The molecule has 7 nitrogen and oxygen atoms in total. The Labute approximate surface area is 210 Å². The number of ether oxygens (including phenoxy) is 1. The molecule has 1 aliphatic rings. The lowest BCUT2D eigenvalue weighted by Gasteiger charge is -2.24. The summed E-state index contributed by atoms with van der Waals surface area (Å²) in [7, 11) is 1.61. The topological polar surface area (TPSA) is 102 Å². The van der Waals surface area contributed by atoms with Crippen molar-refractivity contribution in [3.63, 3.8) is 0 Å². The quantitative estimate of drug-likeness (QED) is 0.313. The maximum absolute atomic E-state index is 10.6. The average Bonchev–Trinajstić information content (AvgIpc) is 2.96. The maximum atomic E-state index is 10.6. The van der Waals surface area contributed by atoms with E-state index >= 15 is 0 Å². The SMILES string of the molecule is CC(=O)Nc1ccc(C)cc1.COc1ccc2c(c1)C(c1ccc(Cl)cc1)=NCC(=N)N2C(C)=N. The summed E-state index contributed by atoms with van der Waals surface area (Å²) in [6, 6.07) is 20.7. The van der Waals surface area contributed by atoms with Crippen molar-refractivity contribution < 1.29 is 9.53 Å². The van der Waals surface area contributed by atoms with E-state index in [9.17, 15) is 4.79 Å². The van der Waals surface area contributed by atoms with Crippen LogP contribution >= 0.6 is 11.6 Å². The Morgan fingerprint density at radius 1 is 1.06 bits per heavy atom. The van der Waals surface area contributed by atoms with E-state index in [1.807, 2.05) is 73.7 Å². The zero-order valence-electron chi connectivity index (χ0n) is 20.1. The van der Waals surface area contributed by atoms with Gasteiger partial charge in [-0.2, -0.15) is 0 Å². The average molecular weight is 490 g/mol. The number of fused-ring (bicyclic) bond motifs is 1. The molecule has 0 saturated carbocycles. The van der Waals surface area contributed by atoms with Gasteiger partial charge < -0.3 is 10.1 Å². The molecule has 0 atom stereocenters. The number of amides is 1. The fraction of sp³-hybridized carbons (Fsp3) is 0.185. The summed E-state index contributed by atoms with van der Waals surface area (Å²) in [5.41, 5.74) is 5.28. The molecule has 1 amide bonds. The van der Waals surface area contributed by atoms with Crippen LogP contribution in [0, 0.1) is 17.7 Å². The van der Waals surface area contributed by atoms with Crippen LogP contribution in [-0.2, 0) is 4.79 Å². The molecule has 3 aromatic carbocycles. The molecule has 0 saturated heterocycles. The Kier molecular flexibility index (Phi) is 8.39. The van der Waals surface area contributed by atoms with Crippen LogP contribution in [0.15, 0.2) is 71.7 Å². The number of aryl methyl sites for hydroxylation is 1. The zero-order valence-corrected chi connectivity index (χ0v) is 20.9. The standard InChI is InChI=1S/C18H17ClN4O.C9H11NO/c1-11(20)23-16-8-7-14(24-2)9-15(16)18(22-10-17(23)21)12-3-5-13(19)6-4-12;1-7-3-5-9(6-4-7)10-8(2)11/h3-9,20-21H,10H2,1-2H3;3-6H,1-2H3,(H,10,11). The summed E-state index contributed by atoms with van der Waals surface area (Å²) in [6.07, 6.45) is 0. The van der Waals surface area contributed by atoms with E-state index in [-0.39, 0.29) is 24.1 Å². The minimum atomic E-state index is -0.0335. The number of amidine groups is 2. The second-order valence-electron chi connectivity index (χ2n) is 7.97. The van der Waals surface area contributed by atoms with Crippen molar-refractivity contribution in [3.05, 3.63) is 88.4 Å². The number of methoxy groups -OCH3 is 1. The molecule has 3 N–H and O–H groups in total. The van der Waals surface area contributed by atoms with Gasteiger partial charge in [0.1, 0.15) is 17.4 Å². The van der Waals surface area contributed by atoms with Crippen LogP contribution in [0.4, 0.5) is 11.4 Å². The lowest BCUT2D eigenvalue weighted by molar-refractivity contribution is -0.114. The van der Waals surface area contributed by atoms with Crippen LogP contribution in [-0.4, -0.2) is 36.9 Å². The van der Waals surface area contributed by atoms with E-state index in [0.29, 0.717) is 10.8 Å². The Bertz CT molecular complexity index is 1270. The number of nitrogens with one attached hydrogen (secondary N) is 3. The number of halogens is 1. The highest BCUT2D eigenvalue weighted by Gasteiger charge is 2.25. The lowest BCUT2D eigenvalue weighted by atomic mass is 9.99. The van der Waals surface area contributed by atoms with Crippen molar-refractivity contribution >= 4 is 46.3 Å². The predicted octanol–water partition coefficient (Wildman–Crippen LogP) is 5.93. The van der Waals surface area contributed by atoms with E-state index in [1.54, 1.807) is 18.9 Å². The first-order chi connectivity index (χ1) is 16.7. The molecule has 0 radical (unpaired) electrons. The molecule has 1 aliphatic heterocycles. The molecule has 180 valence electrons. The fourth-order valence-electron chi connectivity index (χ4n) is 3.56. The molecule has 4 rings (SSSR count). The minimum absolute atomic E-state index is 0.0335. The molecule has 0 spiro atoms. The highest BCUT2D eigenvalue weighted by Crippen LogP contribution is 2.31. The number of carbonyl (C=O) groups is 1. The summed E-state index contributed by atoms with van der Waals surface area (Å²) in [4.78, 5) is 16.8. The summed E-state index contributed by atoms with van der Waals surface area (Å²) in [6.45, 7) is 5.37. The van der Waals surface area contributed by atoms with Crippen LogP contribution in [0.25, 0.3) is 0 Å². The molecule has 0 fully saturated rings. The van der Waals surface area contributed by atoms with Gasteiger partial charge in [0.2, 0.25) is 5.91 Å². The molecule has 35 heavy (non-hydrogen) atoms. The van der Waals surface area contributed by atoms with Crippen molar-refractivity contribution in [3.8, 4) is 5.75 Å². The number of rotatable bonds is 3. The summed E-state index contributed by atoms with van der Waals surface area (Å²) in [5, 5.41) is 19.6. The molecule has 1 heterocycles. The highest BCUT2D eigenvalue weighted by molar-refractivity contribution is 6.31. The van der Waals surface area contributed by atoms with E-state index in [1.165, 1.54) is 12.5 Å². The number of carbonyl (C=O) groups excluding carboxylic acids is 1. The van der Waals surface area contributed by atoms with E-state index < -0.39 is 0 Å². The summed E-state index contributed by atoms with van der Waals surface area (Å²) < 4.78 is 5.34. The number of aliphatic imine (C=N–C) groups is 1. The van der Waals surface area contributed by atoms with Crippen molar-refractivity contribution in [2.45, 2.75) is 20.8 Å². The largest absolute Gasteiger partial charge is 0.497 e. The van der Waals surface area contributed by atoms with Gasteiger partial charge in [0.05, 0.1) is 25.1 Å². The molecule has 8 heteroatoms. The molecule has 3 aromatic rings. The van der Waals surface area contributed by atoms with Crippen molar-refractivity contribution in [1.82, 2.24) is 0 Å². The zero-order chi connectivity index (χ0) is 25.5. The first kappa shape index (κ1) is 25.6. The van der Waals surface area contributed by atoms with Gasteiger partial charge in [-0.25, -0.2) is 0 Å². The number of nitrogens with zero attached hydrogens (tertiary/aromatic N) is 2. The third-order valence-corrected chi connectivity index (χ3v) is 5.43. The number of benzodiazepines with no additional fused rings is 1. The minimum Gasteiger partial charge on any atom is -0.497 e. The molecular formula is C27H28ClN5O2. The van der Waals surface area contributed by atoms with Gasteiger partial charge >= 0.3 is 0 Å². The van der Waals surface area contributed by atoms with Gasteiger partial charge in [-0.3, -0.25) is 25.5 Å². The smallest absolute Gasteiger partial charge is 0.221 e. The second-order valence-corrected chi connectivity index (χ2v) is 8.41. The fourth-order valence-corrected chi connectivity index (χ4v) is 3.69. The Hall–Kier alpha value is -3.97. The molecule has 0 unspecified atom stereocenters. The van der Waals surface area contributed by atoms with Gasteiger partial charge in [-0.05, 0) is 56.3 Å². The van der Waals surface area contributed by atoms with Crippen LogP contribution in [0.3, 0.4) is 0 Å². The van der Waals surface area contributed by atoms with Crippen molar-refractivity contribution in [2.75, 3.05) is 23.9 Å². The highest BCUT2D eigenvalue weighted by atomic mass is 35.5. The van der Waals surface area contributed by atoms with Crippen molar-refractivity contribution in [1.29, 1.82) is 10.8 Å². The monoisotopic (exact) mass is 489 g/mol. The van der Waals surface area contributed by atoms with Gasteiger partial charge in [-0.1, -0.05) is 41.4 Å². The third-order valence-electron chi connectivity index (χ3n) is 5.18. The van der Waals surface area contributed by atoms with Crippen LogP contribution in [0.2, 0.25) is 5.02 Å². The van der Waals surface area contributed by atoms with Gasteiger partial charge in [0.15, 0.2) is 0 Å². The number of hydrogen-bond acceptors (Lipinski definition) is 5. The Balaban J connectivity index is 0.000000261. The van der Waals surface area contributed by atoms with E-state index in [0.717, 1.165) is 28.2 Å². The normalized spacial score (nSPS) is 12.4.